The van der Waals surface area contributed by atoms with E-state index in [1.165, 1.54) is 9.75 Å². The minimum absolute atomic E-state index is 0.120. The fraction of sp³-hybridized carbons (Fsp3) is 0.706. The van der Waals surface area contributed by atoms with Gasteiger partial charge in [-0.1, -0.05) is 27.7 Å². The minimum Gasteiger partial charge on any atom is -0.392 e. The van der Waals surface area contributed by atoms with Gasteiger partial charge in [-0.3, -0.25) is 4.79 Å². The molecule has 1 aromatic heterocycles. The minimum atomic E-state index is -0.409. The number of thiophene rings is 1. The van der Waals surface area contributed by atoms with Gasteiger partial charge in [0.25, 0.3) is 0 Å². The number of nitrogens with one attached hydrogen (secondary N) is 1. The van der Waals surface area contributed by atoms with E-state index in [1.807, 2.05) is 27.7 Å². The Hall–Kier alpha value is -0.870. The standard InChI is InChI=1S/C17H27NO2S/c1-10(2)15(19)17(4,5)9-18-16(20)13-8-12(13)14-7-6-11(3)21-14/h6-7,10,12-13,15,19H,8-9H2,1-5H3,(H,18,20). The molecule has 3 nitrogen and oxygen atoms in total. The lowest BCUT2D eigenvalue weighted by molar-refractivity contribution is -0.123. The molecule has 1 amide bonds. The molecule has 1 aliphatic carbocycles. The van der Waals surface area contributed by atoms with E-state index in [9.17, 15) is 9.90 Å². The third kappa shape index (κ3) is 3.86. The van der Waals surface area contributed by atoms with Crippen molar-refractivity contribution >= 4 is 17.2 Å². The van der Waals surface area contributed by atoms with Crippen LogP contribution < -0.4 is 5.32 Å². The molecule has 0 radical (unpaired) electrons. The molecule has 0 aliphatic heterocycles. The summed E-state index contributed by atoms with van der Waals surface area (Å²) in [5, 5.41) is 13.2. The molecule has 0 bridgehead atoms. The van der Waals surface area contributed by atoms with Gasteiger partial charge in [-0.15, -0.1) is 11.3 Å². The van der Waals surface area contributed by atoms with Crippen LogP contribution in [0.1, 0.15) is 49.8 Å². The molecule has 2 rings (SSSR count). The van der Waals surface area contributed by atoms with Gasteiger partial charge >= 0.3 is 0 Å². The predicted octanol–water partition coefficient (Wildman–Crippen LogP) is 3.32. The van der Waals surface area contributed by atoms with E-state index in [0.29, 0.717) is 12.5 Å². The van der Waals surface area contributed by atoms with Crippen LogP contribution in [0.5, 0.6) is 0 Å². The molecule has 1 fully saturated rings. The molecule has 3 unspecified atom stereocenters. The van der Waals surface area contributed by atoms with E-state index in [0.717, 1.165) is 6.42 Å². The maximum Gasteiger partial charge on any atom is 0.223 e. The van der Waals surface area contributed by atoms with E-state index in [2.05, 4.69) is 24.4 Å². The van der Waals surface area contributed by atoms with Gasteiger partial charge in [0, 0.05) is 33.5 Å². The van der Waals surface area contributed by atoms with E-state index in [4.69, 9.17) is 0 Å². The molecule has 4 heteroatoms. The first-order valence-corrected chi connectivity index (χ1v) is 8.56. The number of carbonyl (C=O) groups excluding carboxylic acids is 1. The van der Waals surface area contributed by atoms with E-state index in [1.54, 1.807) is 11.3 Å². The zero-order chi connectivity index (χ0) is 15.8. The van der Waals surface area contributed by atoms with Crippen molar-refractivity contribution in [1.82, 2.24) is 5.32 Å². The van der Waals surface area contributed by atoms with Crippen molar-refractivity contribution in [1.29, 1.82) is 0 Å². The Morgan fingerprint density at radius 3 is 2.67 bits per heavy atom. The van der Waals surface area contributed by atoms with Crippen LogP contribution in [0.4, 0.5) is 0 Å². The number of aliphatic hydroxyl groups excluding tert-OH is 1. The fourth-order valence-corrected chi connectivity index (χ4v) is 3.96. The molecule has 2 N–H and O–H groups in total. The van der Waals surface area contributed by atoms with Gasteiger partial charge < -0.3 is 10.4 Å². The molecule has 0 saturated heterocycles. The van der Waals surface area contributed by atoms with Gasteiger partial charge in [-0.25, -0.2) is 0 Å². The first-order valence-electron chi connectivity index (χ1n) is 7.74. The normalized spacial score (nSPS) is 23.2. The molecule has 1 heterocycles. The Kier molecular flexibility index (Phi) is 4.79. The number of amides is 1. The lowest BCUT2D eigenvalue weighted by atomic mass is 9.80. The Morgan fingerprint density at radius 1 is 1.48 bits per heavy atom. The first kappa shape index (κ1) is 16.5. The van der Waals surface area contributed by atoms with Crippen molar-refractivity contribution in [2.75, 3.05) is 6.54 Å². The summed E-state index contributed by atoms with van der Waals surface area (Å²) in [5.41, 5.74) is -0.298. The van der Waals surface area contributed by atoms with Crippen LogP contribution in [0.15, 0.2) is 12.1 Å². The highest BCUT2D eigenvalue weighted by atomic mass is 32.1. The number of rotatable bonds is 6. The Morgan fingerprint density at radius 2 is 2.14 bits per heavy atom. The average molecular weight is 309 g/mol. The molecule has 1 aliphatic rings. The highest BCUT2D eigenvalue weighted by Crippen LogP contribution is 2.49. The van der Waals surface area contributed by atoms with Crippen molar-refractivity contribution in [3.63, 3.8) is 0 Å². The quantitative estimate of drug-likeness (QED) is 0.847. The van der Waals surface area contributed by atoms with Crippen molar-refractivity contribution in [3.8, 4) is 0 Å². The lowest BCUT2D eigenvalue weighted by Crippen LogP contribution is -2.44. The molecular weight excluding hydrogens is 282 g/mol. The molecule has 21 heavy (non-hydrogen) atoms. The van der Waals surface area contributed by atoms with Crippen LogP contribution in [0.2, 0.25) is 0 Å². The van der Waals surface area contributed by atoms with Crippen molar-refractivity contribution in [3.05, 3.63) is 21.9 Å². The van der Waals surface area contributed by atoms with Gasteiger partial charge in [-0.05, 0) is 31.4 Å². The fourth-order valence-electron chi connectivity index (χ4n) is 2.90. The van der Waals surface area contributed by atoms with Crippen LogP contribution in [0, 0.1) is 24.2 Å². The molecule has 1 aromatic rings. The summed E-state index contributed by atoms with van der Waals surface area (Å²) < 4.78 is 0. The second-order valence-corrected chi connectivity index (χ2v) is 8.61. The van der Waals surface area contributed by atoms with Crippen LogP contribution in [0.3, 0.4) is 0 Å². The van der Waals surface area contributed by atoms with E-state index >= 15 is 0 Å². The monoisotopic (exact) mass is 309 g/mol. The largest absolute Gasteiger partial charge is 0.392 e. The summed E-state index contributed by atoms with van der Waals surface area (Å²) in [6.45, 7) is 10.6. The lowest BCUT2D eigenvalue weighted by Gasteiger charge is -2.33. The third-order valence-electron chi connectivity index (χ3n) is 4.40. The van der Waals surface area contributed by atoms with Crippen LogP contribution in [0.25, 0.3) is 0 Å². The maximum absolute atomic E-state index is 12.2. The number of carbonyl (C=O) groups is 1. The second-order valence-electron chi connectivity index (χ2n) is 7.29. The molecule has 0 spiro atoms. The number of hydrogen-bond donors (Lipinski definition) is 2. The zero-order valence-electron chi connectivity index (χ0n) is 13.6. The van der Waals surface area contributed by atoms with Crippen LogP contribution in [-0.4, -0.2) is 23.7 Å². The number of aryl methyl sites for hydroxylation is 1. The topological polar surface area (TPSA) is 49.3 Å². The van der Waals surface area contributed by atoms with Gasteiger partial charge in [0.15, 0.2) is 0 Å². The summed E-state index contributed by atoms with van der Waals surface area (Å²) in [6.07, 6.45) is 0.548. The molecule has 3 atom stereocenters. The highest BCUT2D eigenvalue weighted by molar-refractivity contribution is 7.12. The Labute approximate surface area is 131 Å². The van der Waals surface area contributed by atoms with Gasteiger partial charge in [0.05, 0.1) is 6.10 Å². The Bertz CT molecular complexity index is 507. The van der Waals surface area contributed by atoms with Gasteiger partial charge in [-0.2, -0.15) is 0 Å². The summed E-state index contributed by atoms with van der Waals surface area (Å²) in [6, 6.07) is 4.26. The Balaban J connectivity index is 1.84. The van der Waals surface area contributed by atoms with Gasteiger partial charge in [0.1, 0.15) is 0 Å². The first-order chi connectivity index (χ1) is 9.72. The zero-order valence-corrected chi connectivity index (χ0v) is 14.5. The molecule has 118 valence electrons. The molecule has 0 aromatic carbocycles. The van der Waals surface area contributed by atoms with Crippen molar-refractivity contribution in [2.45, 2.75) is 53.1 Å². The SMILES string of the molecule is Cc1ccc(C2CC2C(=O)NCC(C)(C)C(O)C(C)C)s1. The predicted molar refractivity (Wildman–Crippen MR) is 87.5 cm³/mol. The van der Waals surface area contributed by atoms with E-state index < -0.39 is 6.10 Å². The van der Waals surface area contributed by atoms with E-state index in [-0.39, 0.29) is 23.2 Å². The van der Waals surface area contributed by atoms with Gasteiger partial charge in [0.2, 0.25) is 5.91 Å². The molecule has 1 saturated carbocycles. The number of hydrogen-bond acceptors (Lipinski definition) is 3. The number of aliphatic hydroxyl groups is 1. The summed E-state index contributed by atoms with van der Waals surface area (Å²) in [4.78, 5) is 14.9. The maximum atomic E-state index is 12.2. The van der Waals surface area contributed by atoms with Crippen LogP contribution >= 0.6 is 11.3 Å². The second kappa shape index (κ2) is 6.09. The summed E-state index contributed by atoms with van der Waals surface area (Å²) >= 11 is 1.79. The van der Waals surface area contributed by atoms with Crippen molar-refractivity contribution in [2.24, 2.45) is 17.3 Å². The smallest absolute Gasteiger partial charge is 0.223 e. The average Bonchev–Trinajstić information content (AvgIpc) is 3.10. The van der Waals surface area contributed by atoms with Crippen molar-refractivity contribution < 1.29 is 9.90 Å². The summed E-state index contributed by atoms with van der Waals surface area (Å²) in [7, 11) is 0. The summed E-state index contributed by atoms with van der Waals surface area (Å²) in [5.74, 6) is 0.853. The third-order valence-corrected chi connectivity index (χ3v) is 5.54. The van der Waals surface area contributed by atoms with Crippen LogP contribution in [-0.2, 0) is 4.79 Å². The highest BCUT2D eigenvalue weighted by Gasteiger charge is 2.45. The molecular formula is C17H27NO2S.